The minimum absolute atomic E-state index is 0.00898. The molecule has 2 heterocycles. The van der Waals surface area contributed by atoms with Gasteiger partial charge in [0.25, 0.3) is 5.91 Å². The zero-order chi connectivity index (χ0) is 30.1. The molecule has 3 atom stereocenters. The fourth-order valence-electron chi connectivity index (χ4n) is 5.28. The van der Waals surface area contributed by atoms with Gasteiger partial charge >= 0.3 is 0 Å². The van der Waals surface area contributed by atoms with Crippen LogP contribution in [-0.4, -0.2) is 27.9 Å². The van der Waals surface area contributed by atoms with Crippen LogP contribution in [0.5, 0.6) is 0 Å². The molecule has 1 amide bonds. The lowest BCUT2D eigenvalue weighted by atomic mass is 9.97. The van der Waals surface area contributed by atoms with Crippen LogP contribution >= 0.6 is 11.8 Å². The van der Waals surface area contributed by atoms with Crippen molar-refractivity contribution in [1.82, 2.24) is 10.3 Å². The van der Waals surface area contributed by atoms with Crippen molar-refractivity contribution in [3.63, 3.8) is 0 Å². The van der Waals surface area contributed by atoms with Gasteiger partial charge in [0.2, 0.25) is 0 Å². The Labute approximate surface area is 262 Å². The summed E-state index contributed by atoms with van der Waals surface area (Å²) in [7, 11) is 0. The molecule has 2 N–H and O–H groups in total. The van der Waals surface area contributed by atoms with E-state index in [0.29, 0.717) is 12.1 Å². The van der Waals surface area contributed by atoms with Crippen molar-refractivity contribution in [3.8, 4) is 11.1 Å². The number of nitrogens with zero attached hydrogens (tertiary/aromatic N) is 1. The predicted molar refractivity (Wildman–Crippen MR) is 173 cm³/mol. The van der Waals surface area contributed by atoms with Crippen molar-refractivity contribution >= 4 is 17.7 Å². The molecule has 1 aromatic heterocycles. The number of hydrogen-bond acceptors (Lipinski definition) is 6. The van der Waals surface area contributed by atoms with E-state index in [0.717, 1.165) is 45.6 Å². The zero-order valence-electron chi connectivity index (χ0n) is 24.2. The Kier molecular flexibility index (Phi) is 9.79. The number of carbonyl (C=O) groups excluding carboxylic acids is 1. The number of ether oxygens (including phenoxy) is 2. The quantitative estimate of drug-likeness (QED) is 0.161. The monoisotopic (exact) mass is 602 g/mol. The Morgan fingerprint density at radius 3 is 2.34 bits per heavy atom. The van der Waals surface area contributed by atoms with Gasteiger partial charge in [0.15, 0.2) is 6.29 Å². The van der Waals surface area contributed by atoms with Gasteiger partial charge in [-0.25, -0.2) is 0 Å². The molecule has 7 heteroatoms. The first kappa shape index (κ1) is 29.8. The van der Waals surface area contributed by atoms with E-state index in [1.165, 1.54) is 4.90 Å². The second-order valence-electron chi connectivity index (χ2n) is 10.7. The zero-order valence-corrected chi connectivity index (χ0v) is 25.0. The molecular weight excluding hydrogens is 568 g/mol. The van der Waals surface area contributed by atoms with Crippen LogP contribution in [0.4, 0.5) is 0 Å². The van der Waals surface area contributed by atoms with Gasteiger partial charge in [-0.2, -0.15) is 0 Å². The summed E-state index contributed by atoms with van der Waals surface area (Å²) in [6, 6.07) is 38.2. The summed E-state index contributed by atoms with van der Waals surface area (Å²) in [5.41, 5.74) is 6.54. The van der Waals surface area contributed by atoms with Crippen LogP contribution in [0.15, 0.2) is 133 Å². The van der Waals surface area contributed by atoms with Crippen LogP contribution in [0.1, 0.15) is 51.4 Å². The van der Waals surface area contributed by atoms with Crippen molar-refractivity contribution in [1.29, 1.82) is 0 Å². The van der Waals surface area contributed by atoms with E-state index in [1.807, 2.05) is 48.5 Å². The number of aromatic nitrogens is 1. The summed E-state index contributed by atoms with van der Waals surface area (Å²) < 4.78 is 13.1. The highest BCUT2D eigenvalue weighted by Crippen LogP contribution is 2.40. The van der Waals surface area contributed by atoms with Crippen LogP contribution < -0.4 is 5.32 Å². The van der Waals surface area contributed by atoms with Gasteiger partial charge in [-0.3, -0.25) is 9.78 Å². The average molecular weight is 603 g/mol. The Morgan fingerprint density at radius 1 is 0.841 bits per heavy atom. The Morgan fingerprint density at radius 2 is 1.59 bits per heavy atom. The minimum Gasteiger partial charge on any atom is -0.392 e. The van der Waals surface area contributed by atoms with E-state index >= 15 is 0 Å². The highest BCUT2D eigenvalue weighted by Gasteiger charge is 2.32. The third-order valence-corrected chi connectivity index (χ3v) is 8.81. The summed E-state index contributed by atoms with van der Waals surface area (Å²) in [5, 5.41) is 12.5. The molecule has 4 aromatic carbocycles. The molecule has 0 spiro atoms. The van der Waals surface area contributed by atoms with Gasteiger partial charge in [0.05, 0.1) is 24.4 Å². The van der Waals surface area contributed by atoms with Crippen molar-refractivity contribution in [2.75, 3.05) is 5.75 Å². The molecule has 0 aliphatic carbocycles. The fraction of sp³-hybridized carbons (Fsp3) is 0.189. The van der Waals surface area contributed by atoms with Gasteiger partial charge in [0.1, 0.15) is 0 Å². The van der Waals surface area contributed by atoms with Crippen molar-refractivity contribution in [2.45, 2.75) is 43.0 Å². The number of rotatable bonds is 10. The molecule has 3 unspecified atom stereocenters. The Bertz CT molecular complexity index is 1650. The van der Waals surface area contributed by atoms with Gasteiger partial charge in [-0.05, 0) is 52.1 Å². The summed E-state index contributed by atoms with van der Waals surface area (Å²) in [6.45, 7) is 0.415. The first-order chi connectivity index (χ1) is 21.7. The summed E-state index contributed by atoms with van der Waals surface area (Å²) in [5.74, 6) is 0.654. The number of aliphatic hydroxyl groups is 1. The second kappa shape index (κ2) is 14.5. The first-order valence-electron chi connectivity index (χ1n) is 14.7. The second-order valence-corrected chi connectivity index (χ2v) is 11.8. The first-order valence-corrected chi connectivity index (χ1v) is 15.7. The molecule has 1 aliphatic heterocycles. The summed E-state index contributed by atoms with van der Waals surface area (Å²) in [6.07, 6.45) is 3.30. The van der Waals surface area contributed by atoms with E-state index in [2.05, 4.69) is 64.9 Å². The molecule has 0 radical (unpaired) electrons. The molecule has 6 nitrogen and oxygen atoms in total. The van der Waals surface area contributed by atoms with Crippen LogP contribution in [0, 0.1) is 0 Å². The molecule has 5 aromatic rings. The van der Waals surface area contributed by atoms with Gasteiger partial charge in [0, 0.05) is 41.6 Å². The third kappa shape index (κ3) is 7.44. The number of thioether (sulfide) groups is 1. The molecular formula is C37H34N2O4S. The van der Waals surface area contributed by atoms with Gasteiger partial charge in [-0.15, -0.1) is 11.8 Å². The van der Waals surface area contributed by atoms with Crippen LogP contribution in [0.2, 0.25) is 0 Å². The highest BCUT2D eigenvalue weighted by molar-refractivity contribution is 7.99. The maximum atomic E-state index is 12.6. The minimum atomic E-state index is -0.518. The van der Waals surface area contributed by atoms with Crippen LogP contribution in [-0.2, 0) is 22.6 Å². The van der Waals surface area contributed by atoms with E-state index in [4.69, 9.17) is 9.47 Å². The Hall–Kier alpha value is -4.27. The predicted octanol–water partition coefficient (Wildman–Crippen LogP) is 7.51. The number of aliphatic hydroxyl groups excluding tert-OH is 1. The average Bonchev–Trinajstić information content (AvgIpc) is 3.10. The molecule has 6 rings (SSSR count). The lowest BCUT2D eigenvalue weighted by molar-refractivity contribution is -0.245. The maximum absolute atomic E-state index is 12.6. The van der Waals surface area contributed by atoms with E-state index in [9.17, 15) is 9.90 Å². The van der Waals surface area contributed by atoms with Crippen molar-refractivity contribution in [3.05, 3.63) is 155 Å². The van der Waals surface area contributed by atoms with Gasteiger partial charge in [-0.1, -0.05) is 91.0 Å². The SMILES string of the molecule is O=C(NCc1ccccc1-c1ccc(C2OC(CSc3ccccc3)CC(c3ccc(CO)cc3)O2)cc1)c1cccnc1. The smallest absolute Gasteiger partial charge is 0.253 e. The van der Waals surface area contributed by atoms with Crippen molar-refractivity contribution in [2.24, 2.45) is 0 Å². The lowest BCUT2D eigenvalue weighted by Crippen LogP contribution is -2.31. The standard InChI is InChI=1S/C37H34N2O4S/c40-24-26-12-14-28(15-13-26)35-21-32(25-44-33-9-2-1-3-10-33)42-37(43-35)29-18-16-27(17-19-29)34-11-5-4-7-30(34)23-39-36(41)31-8-6-20-38-22-31/h1-20,22,32,35,37,40H,21,23-25H2,(H,39,41). The molecule has 0 saturated carbocycles. The fourth-order valence-corrected chi connectivity index (χ4v) is 6.22. The highest BCUT2D eigenvalue weighted by atomic mass is 32.2. The topological polar surface area (TPSA) is 80.7 Å². The van der Waals surface area contributed by atoms with Gasteiger partial charge < -0.3 is 19.9 Å². The van der Waals surface area contributed by atoms with E-state index in [1.54, 1.807) is 36.3 Å². The Balaban J connectivity index is 1.19. The van der Waals surface area contributed by atoms with Crippen molar-refractivity contribution < 1.29 is 19.4 Å². The van der Waals surface area contributed by atoms with E-state index < -0.39 is 6.29 Å². The normalized spacial score (nSPS) is 18.1. The third-order valence-electron chi connectivity index (χ3n) is 7.67. The molecule has 1 aliphatic rings. The molecule has 0 bridgehead atoms. The van der Waals surface area contributed by atoms with Crippen LogP contribution in [0.25, 0.3) is 11.1 Å². The molecule has 1 fully saturated rings. The maximum Gasteiger partial charge on any atom is 0.253 e. The summed E-state index contributed by atoms with van der Waals surface area (Å²) >= 11 is 1.79. The lowest BCUT2D eigenvalue weighted by Gasteiger charge is -2.36. The van der Waals surface area contributed by atoms with Crippen LogP contribution in [0.3, 0.4) is 0 Å². The molecule has 222 valence electrons. The number of pyridine rings is 1. The number of carbonyl (C=O) groups is 1. The number of amides is 1. The summed E-state index contributed by atoms with van der Waals surface area (Å²) in [4.78, 5) is 17.9. The largest absolute Gasteiger partial charge is 0.392 e. The van der Waals surface area contributed by atoms with E-state index in [-0.39, 0.29) is 24.7 Å². The number of benzene rings is 4. The number of nitrogens with one attached hydrogen (secondary N) is 1. The number of hydrogen-bond donors (Lipinski definition) is 2. The molecule has 1 saturated heterocycles. The molecule has 44 heavy (non-hydrogen) atoms.